The van der Waals surface area contributed by atoms with Crippen LogP contribution < -0.4 is 5.32 Å². The maximum absolute atomic E-state index is 10.7. The van der Waals surface area contributed by atoms with Gasteiger partial charge in [-0.05, 0) is 32.1 Å². The van der Waals surface area contributed by atoms with E-state index in [2.05, 4.69) is 5.32 Å². The number of carbonyl (C=O) groups excluding carboxylic acids is 1. The van der Waals surface area contributed by atoms with Crippen molar-refractivity contribution in [2.24, 2.45) is 0 Å². The summed E-state index contributed by atoms with van der Waals surface area (Å²) in [6.45, 7) is 0.514. The third-order valence-corrected chi connectivity index (χ3v) is 2.85. The largest absolute Gasteiger partial charge is 0.507 e. The molecular formula is C12H16ClNO4. The van der Waals surface area contributed by atoms with E-state index in [1.54, 1.807) is 7.05 Å². The normalized spacial score (nSPS) is 14.2. The molecule has 0 heterocycles. The van der Waals surface area contributed by atoms with Gasteiger partial charge >= 0.3 is 0 Å². The average molecular weight is 274 g/mol. The minimum atomic E-state index is -1.30. The van der Waals surface area contributed by atoms with Crippen LogP contribution in [0, 0.1) is 0 Å². The van der Waals surface area contributed by atoms with Crippen LogP contribution in [0.1, 0.15) is 28.4 Å². The number of benzene rings is 1. The van der Waals surface area contributed by atoms with Crippen molar-refractivity contribution in [3.8, 4) is 5.75 Å². The highest BCUT2D eigenvalue weighted by molar-refractivity contribution is 6.31. The van der Waals surface area contributed by atoms with Gasteiger partial charge in [-0.25, -0.2) is 0 Å². The van der Waals surface area contributed by atoms with Crippen LogP contribution in [0.2, 0.25) is 5.02 Å². The summed E-state index contributed by atoms with van der Waals surface area (Å²) in [5, 5.41) is 32.5. The second-order valence-corrected chi connectivity index (χ2v) is 4.39. The molecule has 4 N–H and O–H groups in total. The van der Waals surface area contributed by atoms with Crippen molar-refractivity contribution in [2.75, 3.05) is 13.6 Å². The van der Waals surface area contributed by atoms with Crippen LogP contribution in [0.25, 0.3) is 0 Å². The third kappa shape index (κ3) is 3.43. The lowest BCUT2D eigenvalue weighted by Gasteiger charge is -2.19. The van der Waals surface area contributed by atoms with Crippen LogP contribution in [0.5, 0.6) is 5.75 Å². The maximum atomic E-state index is 10.7. The number of phenolic OH excluding ortho intramolecular Hbond substituents is 1. The molecule has 0 bridgehead atoms. The first kappa shape index (κ1) is 14.9. The van der Waals surface area contributed by atoms with Crippen LogP contribution in [0.4, 0.5) is 0 Å². The van der Waals surface area contributed by atoms with E-state index in [1.165, 1.54) is 12.1 Å². The molecule has 2 atom stereocenters. The molecule has 0 aliphatic carbocycles. The van der Waals surface area contributed by atoms with E-state index in [0.717, 1.165) is 0 Å². The molecule has 1 aromatic carbocycles. The predicted octanol–water partition coefficient (Wildman–Crippen LogP) is 0.862. The highest BCUT2D eigenvalue weighted by Crippen LogP contribution is 2.32. The molecule has 0 aliphatic rings. The molecule has 1 aromatic rings. The number of aromatic hydroxyl groups is 1. The number of halogens is 1. The molecule has 1 rings (SSSR count). The van der Waals surface area contributed by atoms with Crippen molar-refractivity contribution in [1.29, 1.82) is 0 Å². The smallest absolute Gasteiger partial charge is 0.153 e. The van der Waals surface area contributed by atoms with Crippen LogP contribution in [-0.2, 0) is 0 Å². The lowest BCUT2D eigenvalue weighted by atomic mass is 9.99. The van der Waals surface area contributed by atoms with Gasteiger partial charge in [-0.15, -0.1) is 0 Å². The Morgan fingerprint density at radius 2 is 2.11 bits per heavy atom. The van der Waals surface area contributed by atoms with Gasteiger partial charge in [0.15, 0.2) is 6.29 Å². The SMILES string of the molecule is CNCCC(O)C(O)c1cc(Cl)cc(C=O)c1O. The van der Waals surface area contributed by atoms with E-state index in [0.29, 0.717) is 19.3 Å². The van der Waals surface area contributed by atoms with Gasteiger partial charge in [0.05, 0.1) is 11.7 Å². The van der Waals surface area contributed by atoms with Gasteiger partial charge in [0.25, 0.3) is 0 Å². The Morgan fingerprint density at radius 3 is 2.67 bits per heavy atom. The lowest BCUT2D eigenvalue weighted by molar-refractivity contribution is 0.0127. The van der Waals surface area contributed by atoms with Crippen LogP contribution >= 0.6 is 11.6 Å². The Morgan fingerprint density at radius 1 is 1.44 bits per heavy atom. The molecular weight excluding hydrogens is 258 g/mol. The standard InChI is InChI=1S/C12H16ClNO4/c1-14-3-2-10(16)12(18)9-5-8(13)4-7(6-15)11(9)17/h4-6,10,12,14,16-18H,2-3H2,1H3. The summed E-state index contributed by atoms with van der Waals surface area (Å²) in [4.78, 5) is 10.7. The number of nitrogens with one attached hydrogen (secondary N) is 1. The zero-order chi connectivity index (χ0) is 13.7. The number of phenols is 1. The highest BCUT2D eigenvalue weighted by atomic mass is 35.5. The second kappa shape index (κ2) is 6.70. The van der Waals surface area contributed by atoms with Gasteiger partial charge in [0.2, 0.25) is 0 Å². The first-order chi connectivity index (χ1) is 8.51. The van der Waals surface area contributed by atoms with Crippen molar-refractivity contribution < 1.29 is 20.1 Å². The fraction of sp³-hybridized carbons (Fsp3) is 0.417. The molecule has 18 heavy (non-hydrogen) atoms. The minimum absolute atomic E-state index is 0.0163. The molecule has 0 aromatic heterocycles. The number of aldehydes is 1. The van der Waals surface area contributed by atoms with E-state index in [-0.39, 0.29) is 21.9 Å². The molecule has 2 unspecified atom stereocenters. The molecule has 6 heteroatoms. The first-order valence-corrected chi connectivity index (χ1v) is 5.87. The molecule has 5 nitrogen and oxygen atoms in total. The fourth-order valence-corrected chi connectivity index (χ4v) is 1.85. The van der Waals surface area contributed by atoms with Crippen molar-refractivity contribution in [1.82, 2.24) is 5.32 Å². The molecule has 0 radical (unpaired) electrons. The number of carbonyl (C=O) groups is 1. The summed E-state index contributed by atoms with van der Waals surface area (Å²) < 4.78 is 0. The Kier molecular flexibility index (Phi) is 5.55. The molecule has 0 aliphatic heterocycles. The van der Waals surface area contributed by atoms with E-state index >= 15 is 0 Å². The Labute approximate surface area is 110 Å². The summed E-state index contributed by atoms with van der Waals surface area (Å²) in [7, 11) is 1.72. The highest BCUT2D eigenvalue weighted by Gasteiger charge is 2.23. The van der Waals surface area contributed by atoms with E-state index in [9.17, 15) is 20.1 Å². The van der Waals surface area contributed by atoms with E-state index < -0.39 is 12.2 Å². The Balaban J connectivity index is 3.01. The Hall–Kier alpha value is -1.14. The monoisotopic (exact) mass is 273 g/mol. The average Bonchev–Trinajstić information content (AvgIpc) is 2.37. The fourth-order valence-electron chi connectivity index (χ4n) is 1.61. The zero-order valence-electron chi connectivity index (χ0n) is 9.93. The lowest BCUT2D eigenvalue weighted by Crippen LogP contribution is -2.23. The molecule has 0 fully saturated rings. The minimum Gasteiger partial charge on any atom is -0.507 e. The van der Waals surface area contributed by atoms with Gasteiger partial charge in [0, 0.05) is 10.6 Å². The third-order valence-electron chi connectivity index (χ3n) is 2.63. The topological polar surface area (TPSA) is 89.8 Å². The van der Waals surface area contributed by atoms with Crippen molar-refractivity contribution in [3.63, 3.8) is 0 Å². The van der Waals surface area contributed by atoms with Crippen molar-refractivity contribution in [2.45, 2.75) is 18.6 Å². The molecule has 0 saturated carbocycles. The van der Waals surface area contributed by atoms with Gasteiger partial charge in [-0.1, -0.05) is 11.6 Å². The zero-order valence-corrected chi connectivity index (χ0v) is 10.7. The summed E-state index contributed by atoms with van der Waals surface area (Å²) >= 11 is 5.78. The first-order valence-electron chi connectivity index (χ1n) is 5.49. The predicted molar refractivity (Wildman–Crippen MR) is 68.0 cm³/mol. The second-order valence-electron chi connectivity index (χ2n) is 3.96. The van der Waals surface area contributed by atoms with Gasteiger partial charge in [0.1, 0.15) is 11.9 Å². The maximum Gasteiger partial charge on any atom is 0.153 e. The molecule has 100 valence electrons. The summed E-state index contributed by atoms with van der Waals surface area (Å²) in [6.07, 6.45) is -1.60. The number of hydrogen-bond donors (Lipinski definition) is 4. The summed E-state index contributed by atoms with van der Waals surface area (Å²) in [6, 6.07) is 2.62. The van der Waals surface area contributed by atoms with Gasteiger partial charge in [-0.2, -0.15) is 0 Å². The van der Waals surface area contributed by atoms with Crippen LogP contribution in [0.3, 0.4) is 0 Å². The van der Waals surface area contributed by atoms with Crippen LogP contribution in [0.15, 0.2) is 12.1 Å². The number of aliphatic hydroxyl groups is 2. The quantitative estimate of drug-likeness (QED) is 0.577. The van der Waals surface area contributed by atoms with Gasteiger partial charge in [-0.3, -0.25) is 4.79 Å². The van der Waals surface area contributed by atoms with Crippen LogP contribution in [-0.4, -0.2) is 41.3 Å². The summed E-state index contributed by atoms with van der Waals surface area (Å²) in [5.41, 5.74) is 0.0329. The van der Waals surface area contributed by atoms with E-state index in [4.69, 9.17) is 11.6 Å². The Bertz CT molecular complexity index is 425. The molecule has 0 spiro atoms. The number of hydrogen-bond acceptors (Lipinski definition) is 5. The van der Waals surface area contributed by atoms with E-state index in [1.807, 2.05) is 0 Å². The number of aliphatic hydroxyl groups excluding tert-OH is 2. The van der Waals surface area contributed by atoms with Crippen molar-refractivity contribution >= 4 is 17.9 Å². The van der Waals surface area contributed by atoms with Gasteiger partial charge < -0.3 is 20.6 Å². The molecule has 0 amide bonds. The molecule has 0 saturated heterocycles. The summed E-state index contributed by atoms with van der Waals surface area (Å²) in [5.74, 6) is -0.356. The number of rotatable bonds is 6. The van der Waals surface area contributed by atoms with Crippen molar-refractivity contribution in [3.05, 3.63) is 28.3 Å².